The summed E-state index contributed by atoms with van der Waals surface area (Å²) in [6.45, 7) is 1.51. The van der Waals surface area contributed by atoms with E-state index < -0.39 is 0 Å². The number of hydrogen-bond acceptors (Lipinski definition) is 3. The van der Waals surface area contributed by atoms with Gasteiger partial charge in [-0.05, 0) is 36.5 Å². The number of hydrogen-bond donors (Lipinski definition) is 2. The molecule has 132 valence electrons. The highest BCUT2D eigenvalue weighted by atomic mass is 16.2. The van der Waals surface area contributed by atoms with Crippen molar-refractivity contribution >= 4 is 11.8 Å². The second-order valence-electron chi connectivity index (χ2n) is 6.48. The Hall–Kier alpha value is -3.15. The van der Waals surface area contributed by atoms with Crippen molar-refractivity contribution in [3.05, 3.63) is 66.4 Å². The zero-order chi connectivity index (χ0) is 17.8. The zero-order valence-corrected chi connectivity index (χ0v) is 14.4. The summed E-state index contributed by atoms with van der Waals surface area (Å²) in [5, 5.41) is 9.95. The normalized spacial score (nSPS) is 15.0. The lowest BCUT2D eigenvalue weighted by molar-refractivity contribution is 0.194. The van der Waals surface area contributed by atoms with Gasteiger partial charge in [-0.15, -0.1) is 0 Å². The number of urea groups is 1. The smallest absolute Gasteiger partial charge is 0.323 e. The number of anilines is 1. The average molecular weight is 347 g/mol. The number of pyridine rings is 1. The minimum atomic E-state index is -0.101. The lowest BCUT2D eigenvalue weighted by Gasteiger charge is -2.32. The molecular weight excluding hydrogens is 326 g/mol. The summed E-state index contributed by atoms with van der Waals surface area (Å²) in [5.41, 5.74) is 2.94. The number of piperidine rings is 1. The number of benzene rings is 1. The molecule has 3 heterocycles. The molecule has 6 heteroatoms. The van der Waals surface area contributed by atoms with Gasteiger partial charge in [0.1, 0.15) is 0 Å². The van der Waals surface area contributed by atoms with Crippen molar-refractivity contribution in [1.29, 1.82) is 0 Å². The first kappa shape index (κ1) is 16.3. The molecule has 0 atom stereocenters. The molecule has 0 aliphatic carbocycles. The number of carbonyl (C=O) groups excluding carboxylic acids is 1. The van der Waals surface area contributed by atoms with Crippen LogP contribution < -0.4 is 5.32 Å². The molecule has 4 rings (SSSR count). The molecule has 1 aromatic carbocycles. The Morgan fingerprint density at radius 1 is 1.08 bits per heavy atom. The van der Waals surface area contributed by atoms with E-state index in [1.165, 1.54) is 5.56 Å². The van der Waals surface area contributed by atoms with Gasteiger partial charge in [-0.25, -0.2) is 4.79 Å². The standard InChI is InChI=1S/C20H21N5O/c26-20(22-19-14-18(23-24-19)17-8-4-5-11-21-17)25-12-9-16(10-13-25)15-6-2-1-3-7-15/h1-8,11,14,16H,9-10,12-13H2,(H2,22,23,24,26). The molecule has 26 heavy (non-hydrogen) atoms. The number of aromatic amines is 1. The molecule has 2 N–H and O–H groups in total. The van der Waals surface area contributed by atoms with Crippen molar-refractivity contribution in [1.82, 2.24) is 20.1 Å². The number of H-pyrrole nitrogens is 1. The molecule has 1 aliphatic heterocycles. The van der Waals surface area contributed by atoms with Crippen molar-refractivity contribution in [2.45, 2.75) is 18.8 Å². The highest BCUT2D eigenvalue weighted by Crippen LogP contribution is 2.28. The maximum absolute atomic E-state index is 12.5. The van der Waals surface area contributed by atoms with Gasteiger partial charge in [0, 0.05) is 25.4 Å². The van der Waals surface area contributed by atoms with E-state index in [0.29, 0.717) is 11.7 Å². The number of nitrogens with one attached hydrogen (secondary N) is 2. The molecule has 1 aliphatic rings. The number of nitrogens with zero attached hydrogens (tertiary/aromatic N) is 3. The fraction of sp³-hybridized carbons (Fsp3) is 0.250. The summed E-state index contributed by atoms with van der Waals surface area (Å²) in [6.07, 6.45) is 3.69. The number of carbonyl (C=O) groups is 1. The van der Waals surface area contributed by atoms with Gasteiger partial charge in [-0.1, -0.05) is 36.4 Å². The number of amides is 2. The van der Waals surface area contributed by atoms with Crippen LogP contribution in [0.3, 0.4) is 0 Å². The summed E-state index contributed by atoms with van der Waals surface area (Å²) >= 11 is 0. The molecule has 0 radical (unpaired) electrons. The minimum Gasteiger partial charge on any atom is -0.324 e. The van der Waals surface area contributed by atoms with E-state index in [9.17, 15) is 4.79 Å². The Morgan fingerprint density at radius 2 is 1.85 bits per heavy atom. The van der Waals surface area contributed by atoms with Crippen molar-refractivity contribution in [3.63, 3.8) is 0 Å². The van der Waals surface area contributed by atoms with Crippen molar-refractivity contribution in [2.75, 3.05) is 18.4 Å². The van der Waals surface area contributed by atoms with Crippen LogP contribution in [-0.4, -0.2) is 39.2 Å². The highest BCUT2D eigenvalue weighted by molar-refractivity contribution is 5.88. The maximum atomic E-state index is 12.5. The monoisotopic (exact) mass is 347 g/mol. The maximum Gasteiger partial charge on any atom is 0.323 e. The molecule has 6 nitrogen and oxygen atoms in total. The van der Waals surface area contributed by atoms with Crippen LogP contribution in [-0.2, 0) is 0 Å². The summed E-state index contributed by atoms with van der Waals surface area (Å²) in [6, 6.07) is 17.9. The lowest BCUT2D eigenvalue weighted by atomic mass is 9.90. The molecule has 2 amide bonds. The SMILES string of the molecule is O=C(Nc1cc(-c2ccccn2)[nH]n1)N1CCC(c2ccccc2)CC1. The van der Waals surface area contributed by atoms with Gasteiger partial charge >= 0.3 is 6.03 Å². The third-order valence-corrected chi connectivity index (χ3v) is 4.81. The molecule has 0 bridgehead atoms. The molecule has 0 spiro atoms. The van der Waals surface area contributed by atoms with Gasteiger partial charge in [-0.2, -0.15) is 5.10 Å². The Kier molecular flexibility index (Phi) is 4.64. The molecule has 2 aromatic heterocycles. The molecular formula is C20H21N5O. The fourth-order valence-corrected chi connectivity index (χ4v) is 3.37. The van der Waals surface area contributed by atoms with Crippen LogP contribution in [0.4, 0.5) is 10.6 Å². The number of aromatic nitrogens is 3. The van der Waals surface area contributed by atoms with Crippen LogP contribution in [0.15, 0.2) is 60.8 Å². The molecule has 1 saturated heterocycles. The van der Waals surface area contributed by atoms with Crippen LogP contribution in [0.5, 0.6) is 0 Å². The Labute approximate surface area is 152 Å². The van der Waals surface area contributed by atoms with Crippen LogP contribution in [0.1, 0.15) is 24.3 Å². The van der Waals surface area contributed by atoms with Gasteiger partial charge in [0.25, 0.3) is 0 Å². The average Bonchev–Trinajstić information content (AvgIpc) is 3.18. The summed E-state index contributed by atoms with van der Waals surface area (Å²) < 4.78 is 0. The second kappa shape index (κ2) is 7.39. The van der Waals surface area contributed by atoms with E-state index in [1.54, 1.807) is 12.3 Å². The zero-order valence-electron chi connectivity index (χ0n) is 14.4. The van der Waals surface area contributed by atoms with Crippen LogP contribution in [0, 0.1) is 0 Å². The first-order valence-electron chi connectivity index (χ1n) is 8.87. The van der Waals surface area contributed by atoms with E-state index in [1.807, 2.05) is 29.2 Å². The lowest BCUT2D eigenvalue weighted by Crippen LogP contribution is -2.40. The number of likely N-dealkylation sites (tertiary alicyclic amines) is 1. The van der Waals surface area contributed by atoms with E-state index in [4.69, 9.17) is 0 Å². The van der Waals surface area contributed by atoms with Gasteiger partial charge in [0.05, 0.1) is 11.4 Å². The van der Waals surface area contributed by atoms with Gasteiger partial charge in [0.15, 0.2) is 5.82 Å². The van der Waals surface area contributed by atoms with Crippen LogP contribution in [0.2, 0.25) is 0 Å². The fourth-order valence-electron chi connectivity index (χ4n) is 3.37. The van der Waals surface area contributed by atoms with E-state index in [0.717, 1.165) is 37.3 Å². The van der Waals surface area contributed by atoms with E-state index in [-0.39, 0.29) is 6.03 Å². The predicted molar refractivity (Wildman–Crippen MR) is 101 cm³/mol. The van der Waals surface area contributed by atoms with E-state index in [2.05, 4.69) is 44.8 Å². The van der Waals surface area contributed by atoms with Gasteiger partial charge < -0.3 is 4.90 Å². The molecule has 0 unspecified atom stereocenters. The molecule has 1 fully saturated rings. The summed E-state index contributed by atoms with van der Waals surface area (Å²) in [4.78, 5) is 18.6. The Bertz CT molecular complexity index is 854. The molecule has 3 aromatic rings. The highest BCUT2D eigenvalue weighted by Gasteiger charge is 2.24. The van der Waals surface area contributed by atoms with E-state index >= 15 is 0 Å². The first-order valence-corrected chi connectivity index (χ1v) is 8.87. The summed E-state index contributed by atoms with van der Waals surface area (Å²) in [5.74, 6) is 1.04. The van der Waals surface area contributed by atoms with Crippen molar-refractivity contribution in [2.24, 2.45) is 0 Å². The van der Waals surface area contributed by atoms with Gasteiger partial charge in [0.2, 0.25) is 0 Å². The largest absolute Gasteiger partial charge is 0.324 e. The quantitative estimate of drug-likeness (QED) is 0.755. The third-order valence-electron chi connectivity index (χ3n) is 4.81. The van der Waals surface area contributed by atoms with Gasteiger partial charge in [-0.3, -0.25) is 15.4 Å². The topological polar surface area (TPSA) is 73.9 Å². The second-order valence-corrected chi connectivity index (χ2v) is 6.48. The number of rotatable bonds is 3. The van der Waals surface area contributed by atoms with Crippen molar-refractivity contribution < 1.29 is 4.79 Å². The minimum absolute atomic E-state index is 0.101. The van der Waals surface area contributed by atoms with Crippen LogP contribution >= 0.6 is 0 Å². The summed E-state index contributed by atoms with van der Waals surface area (Å²) in [7, 11) is 0. The molecule has 0 saturated carbocycles. The predicted octanol–water partition coefficient (Wildman–Crippen LogP) is 3.88. The third kappa shape index (κ3) is 3.59. The Balaban J connectivity index is 1.34. The Morgan fingerprint density at radius 3 is 2.58 bits per heavy atom. The van der Waals surface area contributed by atoms with Crippen LogP contribution in [0.25, 0.3) is 11.4 Å². The first-order chi connectivity index (χ1) is 12.8. The van der Waals surface area contributed by atoms with Crippen molar-refractivity contribution in [3.8, 4) is 11.4 Å².